The Morgan fingerprint density at radius 3 is 2.83 bits per heavy atom. The topological polar surface area (TPSA) is 74.8 Å². The Morgan fingerprint density at radius 1 is 1.22 bits per heavy atom. The van der Waals surface area contributed by atoms with Gasteiger partial charge in [-0.3, -0.25) is 5.10 Å². The molecule has 0 aliphatic rings. The van der Waals surface area contributed by atoms with E-state index in [1.54, 1.807) is 31.3 Å². The number of rotatable bonds is 5. The molecule has 23 heavy (non-hydrogen) atoms. The summed E-state index contributed by atoms with van der Waals surface area (Å²) >= 11 is 6.02. The number of hydrogen-bond acceptors (Lipinski definition) is 4. The fourth-order valence-corrected chi connectivity index (χ4v) is 3.71. The van der Waals surface area contributed by atoms with Gasteiger partial charge in [-0.2, -0.15) is 5.10 Å². The highest BCUT2D eigenvalue weighted by Gasteiger charge is 2.16. The van der Waals surface area contributed by atoms with E-state index in [9.17, 15) is 8.42 Å². The van der Waals surface area contributed by atoms with Gasteiger partial charge in [0.25, 0.3) is 0 Å². The van der Waals surface area contributed by atoms with Crippen LogP contribution in [0.2, 0.25) is 5.02 Å². The van der Waals surface area contributed by atoms with Crippen LogP contribution in [0.25, 0.3) is 10.9 Å². The summed E-state index contributed by atoms with van der Waals surface area (Å²) in [6, 6.07) is 10.7. The lowest BCUT2D eigenvalue weighted by molar-refractivity contribution is 0.596. The van der Waals surface area contributed by atoms with Gasteiger partial charge >= 0.3 is 0 Å². The van der Waals surface area contributed by atoms with E-state index in [1.165, 1.54) is 0 Å². The van der Waals surface area contributed by atoms with E-state index in [1.807, 2.05) is 18.2 Å². The molecular formula is C16H16ClN3O2S. The molecule has 0 radical (unpaired) electrons. The van der Waals surface area contributed by atoms with Crippen molar-refractivity contribution in [1.82, 2.24) is 10.2 Å². The van der Waals surface area contributed by atoms with Crippen LogP contribution in [0.4, 0.5) is 5.69 Å². The Kier molecular flexibility index (Phi) is 4.28. The summed E-state index contributed by atoms with van der Waals surface area (Å²) in [5.74, 6) is 0.0581. The normalized spacial score (nSPS) is 11.7. The number of fused-ring (bicyclic) bond motifs is 1. The molecule has 0 aliphatic carbocycles. The van der Waals surface area contributed by atoms with Crippen molar-refractivity contribution >= 4 is 38.0 Å². The van der Waals surface area contributed by atoms with Crippen molar-refractivity contribution in [1.29, 1.82) is 0 Å². The Balaban J connectivity index is 1.88. The maximum Gasteiger partial charge on any atom is 0.178 e. The summed E-state index contributed by atoms with van der Waals surface area (Å²) < 4.78 is 24.4. The van der Waals surface area contributed by atoms with Crippen LogP contribution in [-0.2, 0) is 16.4 Å². The number of benzene rings is 2. The Labute approximate surface area is 139 Å². The number of aromatic nitrogens is 2. The molecular weight excluding hydrogens is 334 g/mol. The molecule has 2 N–H and O–H groups in total. The number of H-pyrrole nitrogens is 1. The minimum Gasteiger partial charge on any atom is -0.381 e. The first kappa shape index (κ1) is 15.8. The third-order valence-corrected chi connectivity index (χ3v) is 5.72. The number of aromatic amines is 1. The summed E-state index contributed by atoms with van der Waals surface area (Å²) in [5.41, 5.74) is 2.50. The van der Waals surface area contributed by atoms with Crippen LogP contribution >= 0.6 is 11.6 Å². The summed E-state index contributed by atoms with van der Waals surface area (Å²) in [6.07, 6.45) is 1.74. The van der Waals surface area contributed by atoms with Crippen LogP contribution in [0.1, 0.15) is 12.5 Å². The van der Waals surface area contributed by atoms with E-state index in [0.29, 0.717) is 22.0 Å². The predicted molar refractivity (Wildman–Crippen MR) is 92.6 cm³/mol. The number of anilines is 1. The molecule has 7 heteroatoms. The minimum atomic E-state index is -3.29. The van der Waals surface area contributed by atoms with E-state index in [-0.39, 0.29) is 5.75 Å². The van der Waals surface area contributed by atoms with Gasteiger partial charge in [0, 0.05) is 22.6 Å². The van der Waals surface area contributed by atoms with Gasteiger partial charge in [-0.15, -0.1) is 0 Å². The van der Waals surface area contributed by atoms with Gasteiger partial charge in [-0.25, -0.2) is 8.42 Å². The Morgan fingerprint density at radius 2 is 2.04 bits per heavy atom. The standard InChI is InChI=1S/C16H16ClN3O2S/c1-2-23(21,22)16-6-3-13(17)7-12(16)9-18-14-4-5-15-11(8-14)10-19-20-15/h3-8,10,18H,2,9H2,1H3,(H,19,20). The van der Waals surface area contributed by atoms with Crippen molar-refractivity contribution in [3.05, 3.63) is 53.2 Å². The molecule has 0 spiro atoms. The van der Waals surface area contributed by atoms with E-state index in [2.05, 4.69) is 15.5 Å². The SMILES string of the molecule is CCS(=O)(=O)c1ccc(Cl)cc1CNc1ccc2[nH]ncc2c1. The van der Waals surface area contributed by atoms with Gasteiger partial charge in [0.15, 0.2) is 9.84 Å². The van der Waals surface area contributed by atoms with Crippen LogP contribution < -0.4 is 5.32 Å². The highest BCUT2D eigenvalue weighted by Crippen LogP contribution is 2.23. The zero-order valence-corrected chi connectivity index (χ0v) is 14.1. The predicted octanol–water partition coefficient (Wildman–Crippen LogP) is 3.62. The molecule has 0 fully saturated rings. The Bertz CT molecular complexity index is 951. The van der Waals surface area contributed by atoms with Gasteiger partial charge < -0.3 is 5.32 Å². The smallest absolute Gasteiger partial charge is 0.178 e. The number of sulfone groups is 1. The van der Waals surface area contributed by atoms with Gasteiger partial charge in [-0.05, 0) is 42.0 Å². The first-order chi connectivity index (χ1) is 11.0. The fourth-order valence-electron chi connectivity index (χ4n) is 2.40. The highest BCUT2D eigenvalue weighted by molar-refractivity contribution is 7.91. The number of hydrogen-bond donors (Lipinski definition) is 2. The second-order valence-electron chi connectivity index (χ2n) is 5.18. The Hall–Kier alpha value is -2.05. The molecule has 0 atom stereocenters. The number of nitrogens with zero attached hydrogens (tertiary/aromatic N) is 1. The monoisotopic (exact) mass is 349 g/mol. The van der Waals surface area contributed by atoms with E-state index in [4.69, 9.17) is 11.6 Å². The molecule has 3 rings (SSSR count). The molecule has 0 saturated heterocycles. The molecule has 1 heterocycles. The van der Waals surface area contributed by atoms with Gasteiger partial charge in [0.2, 0.25) is 0 Å². The second-order valence-corrected chi connectivity index (χ2v) is 7.86. The molecule has 1 aromatic heterocycles. The summed E-state index contributed by atoms with van der Waals surface area (Å²) in [6.45, 7) is 2.01. The molecule has 0 aliphatic heterocycles. The zero-order valence-electron chi connectivity index (χ0n) is 12.5. The molecule has 2 aromatic carbocycles. The first-order valence-electron chi connectivity index (χ1n) is 7.18. The van der Waals surface area contributed by atoms with Crippen molar-refractivity contribution < 1.29 is 8.42 Å². The van der Waals surface area contributed by atoms with Crippen molar-refractivity contribution in [2.24, 2.45) is 0 Å². The maximum absolute atomic E-state index is 12.2. The average Bonchev–Trinajstić information content (AvgIpc) is 3.00. The van der Waals surface area contributed by atoms with Gasteiger partial charge in [0.1, 0.15) is 0 Å². The average molecular weight is 350 g/mol. The largest absolute Gasteiger partial charge is 0.381 e. The molecule has 0 bridgehead atoms. The minimum absolute atomic E-state index is 0.0581. The molecule has 5 nitrogen and oxygen atoms in total. The molecule has 0 unspecified atom stereocenters. The number of nitrogens with one attached hydrogen (secondary N) is 2. The van der Waals surface area contributed by atoms with Crippen LogP contribution in [0.15, 0.2) is 47.5 Å². The van der Waals surface area contributed by atoms with Crippen LogP contribution in [0.3, 0.4) is 0 Å². The van der Waals surface area contributed by atoms with Gasteiger partial charge in [0.05, 0.1) is 22.4 Å². The number of halogens is 1. The quantitative estimate of drug-likeness (QED) is 0.737. The second kappa shape index (κ2) is 6.22. The van der Waals surface area contributed by atoms with Crippen molar-refractivity contribution in [2.75, 3.05) is 11.1 Å². The fraction of sp³-hybridized carbons (Fsp3) is 0.188. The van der Waals surface area contributed by atoms with Crippen LogP contribution in [-0.4, -0.2) is 24.4 Å². The lowest BCUT2D eigenvalue weighted by atomic mass is 10.2. The molecule has 3 aromatic rings. The van der Waals surface area contributed by atoms with Crippen LogP contribution in [0.5, 0.6) is 0 Å². The van der Waals surface area contributed by atoms with Crippen LogP contribution in [0, 0.1) is 0 Å². The third-order valence-electron chi connectivity index (χ3n) is 3.66. The van der Waals surface area contributed by atoms with Gasteiger partial charge in [-0.1, -0.05) is 18.5 Å². The summed E-state index contributed by atoms with van der Waals surface area (Å²) in [5, 5.41) is 11.6. The first-order valence-corrected chi connectivity index (χ1v) is 9.21. The lowest BCUT2D eigenvalue weighted by Crippen LogP contribution is -2.10. The zero-order chi connectivity index (χ0) is 16.4. The third kappa shape index (κ3) is 3.33. The molecule has 0 amide bonds. The van der Waals surface area contributed by atoms with Crippen molar-refractivity contribution in [2.45, 2.75) is 18.4 Å². The maximum atomic E-state index is 12.2. The lowest BCUT2D eigenvalue weighted by Gasteiger charge is -2.12. The van der Waals surface area contributed by atoms with Crippen molar-refractivity contribution in [3.63, 3.8) is 0 Å². The van der Waals surface area contributed by atoms with Crippen molar-refractivity contribution in [3.8, 4) is 0 Å². The summed E-state index contributed by atoms with van der Waals surface area (Å²) in [4.78, 5) is 0.321. The molecule has 120 valence electrons. The van der Waals surface area contributed by atoms with E-state index in [0.717, 1.165) is 16.6 Å². The summed E-state index contributed by atoms with van der Waals surface area (Å²) in [7, 11) is -3.29. The highest BCUT2D eigenvalue weighted by atomic mass is 35.5. The van der Waals surface area contributed by atoms with E-state index < -0.39 is 9.84 Å². The van der Waals surface area contributed by atoms with E-state index >= 15 is 0 Å². The molecule has 0 saturated carbocycles.